The third-order valence-electron chi connectivity index (χ3n) is 5.81. The van der Waals surface area contributed by atoms with E-state index >= 15 is 0 Å². The lowest BCUT2D eigenvalue weighted by molar-refractivity contribution is 0.0970. The minimum atomic E-state index is -0.271. The second-order valence-electron chi connectivity index (χ2n) is 7.93. The molecule has 5 rings (SSSR count). The standard InChI is InChI=1S/C25H20N4O/c26-16-25(11-12-25)10-9-23(30)21-8-4-7-20(28-21)19-13-18-14-22(29-24(18)27-15-19)17-5-2-1-3-6-17/h1-8,13-15H,9-12H2,(H,27,29). The summed E-state index contributed by atoms with van der Waals surface area (Å²) >= 11 is 0. The molecule has 1 saturated carbocycles. The number of rotatable bonds is 6. The molecule has 5 nitrogen and oxygen atoms in total. The Labute approximate surface area is 174 Å². The number of fused-ring (bicyclic) bond motifs is 1. The highest BCUT2D eigenvalue weighted by molar-refractivity contribution is 5.95. The molecule has 3 aromatic heterocycles. The van der Waals surface area contributed by atoms with E-state index in [9.17, 15) is 10.1 Å². The first-order valence-corrected chi connectivity index (χ1v) is 10.1. The predicted octanol–water partition coefficient (Wildman–Crippen LogP) is 5.56. The van der Waals surface area contributed by atoms with Gasteiger partial charge in [-0.05, 0) is 49.1 Å². The number of nitrogens with zero attached hydrogens (tertiary/aromatic N) is 3. The van der Waals surface area contributed by atoms with Gasteiger partial charge in [-0.25, -0.2) is 9.97 Å². The molecule has 0 atom stereocenters. The van der Waals surface area contributed by atoms with Gasteiger partial charge in [-0.2, -0.15) is 5.26 Å². The van der Waals surface area contributed by atoms with Gasteiger partial charge in [0.2, 0.25) is 0 Å². The summed E-state index contributed by atoms with van der Waals surface area (Å²) in [5, 5.41) is 10.2. The number of hydrogen-bond acceptors (Lipinski definition) is 4. The second kappa shape index (κ2) is 7.23. The second-order valence-corrected chi connectivity index (χ2v) is 7.93. The third-order valence-corrected chi connectivity index (χ3v) is 5.81. The van der Waals surface area contributed by atoms with E-state index in [4.69, 9.17) is 0 Å². The Morgan fingerprint density at radius 3 is 2.67 bits per heavy atom. The highest BCUT2D eigenvalue weighted by atomic mass is 16.1. The molecule has 3 heterocycles. The predicted molar refractivity (Wildman–Crippen MR) is 116 cm³/mol. The van der Waals surface area contributed by atoms with Crippen LogP contribution >= 0.6 is 0 Å². The van der Waals surface area contributed by atoms with E-state index in [0.29, 0.717) is 18.5 Å². The summed E-state index contributed by atoms with van der Waals surface area (Å²) in [4.78, 5) is 25.1. The van der Waals surface area contributed by atoms with Crippen LogP contribution in [0.3, 0.4) is 0 Å². The third kappa shape index (κ3) is 3.48. The van der Waals surface area contributed by atoms with Crippen LogP contribution in [0.5, 0.6) is 0 Å². The van der Waals surface area contributed by atoms with Gasteiger partial charge in [-0.15, -0.1) is 0 Å². The Morgan fingerprint density at radius 2 is 1.90 bits per heavy atom. The molecule has 0 saturated heterocycles. The van der Waals surface area contributed by atoms with Crippen molar-refractivity contribution in [2.75, 3.05) is 0 Å². The number of carbonyl (C=O) groups is 1. The van der Waals surface area contributed by atoms with Crippen molar-refractivity contribution in [2.24, 2.45) is 5.41 Å². The number of nitriles is 1. The van der Waals surface area contributed by atoms with E-state index < -0.39 is 0 Å². The van der Waals surface area contributed by atoms with Crippen molar-refractivity contribution >= 4 is 16.8 Å². The van der Waals surface area contributed by atoms with E-state index in [0.717, 1.165) is 46.4 Å². The van der Waals surface area contributed by atoms with Crippen molar-refractivity contribution < 1.29 is 4.79 Å². The van der Waals surface area contributed by atoms with Crippen LogP contribution in [-0.4, -0.2) is 20.7 Å². The molecule has 1 fully saturated rings. The Morgan fingerprint density at radius 1 is 1.07 bits per heavy atom. The summed E-state index contributed by atoms with van der Waals surface area (Å²) in [6.07, 6.45) is 4.56. The lowest BCUT2D eigenvalue weighted by Crippen LogP contribution is -2.06. The largest absolute Gasteiger partial charge is 0.339 e. The lowest BCUT2D eigenvalue weighted by atomic mass is 9.99. The molecule has 0 amide bonds. The van der Waals surface area contributed by atoms with Gasteiger partial charge in [0.15, 0.2) is 5.78 Å². The molecule has 1 aromatic carbocycles. The maximum Gasteiger partial charge on any atom is 0.181 e. The molecule has 0 unspecified atom stereocenters. The van der Waals surface area contributed by atoms with E-state index in [-0.39, 0.29) is 11.2 Å². The normalized spacial score (nSPS) is 14.4. The molecule has 5 heteroatoms. The molecule has 30 heavy (non-hydrogen) atoms. The zero-order valence-corrected chi connectivity index (χ0v) is 16.4. The first-order chi connectivity index (χ1) is 14.7. The summed E-state index contributed by atoms with van der Waals surface area (Å²) in [6.45, 7) is 0. The smallest absolute Gasteiger partial charge is 0.181 e. The fourth-order valence-corrected chi connectivity index (χ4v) is 3.73. The van der Waals surface area contributed by atoms with Crippen LogP contribution in [0.25, 0.3) is 33.5 Å². The zero-order valence-electron chi connectivity index (χ0n) is 16.4. The number of nitrogens with one attached hydrogen (secondary N) is 1. The van der Waals surface area contributed by atoms with Crippen molar-refractivity contribution in [3.63, 3.8) is 0 Å². The van der Waals surface area contributed by atoms with Crippen LogP contribution in [-0.2, 0) is 0 Å². The van der Waals surface area contributed by atoms with Crippen LogP contribution < -0.4 is 0 Å². The number of Topliss-reactive ketones (excluding diaryl/α,β-unsaturated/α-hetero) is 1. The SMILES string of the molecule is N#CC1(CCC(=O)c2cccc(-c3cnc4[nH]c(-c5ccccc5)cc4c3)n2)CC1. The lowest BCUT2D eigenvalue weighted by Gasteiger charge is -2.06. The Bertz CT molecular complexity index is 1280. The van der Waals surface area contributed by atoms with Crippen LogP contribution in [0.1, 0.15) is 36.2 Å². The maximum atomic E-state index is 12.6. The van der Waals surface area contributed by atoms with Gasteiger partial charge in [0.25, 0.3) is 0 Å². The number of pyridine rings is 2. The van der Waals surface area contributed by atoms with E-state index in [1.165, 1.54) is 0 Å². The van der Waals surface area contributed by atoms with Gasteiger partial charge in [0.05, 0.1) is 17.2 Å². The topological polar surface area (TPSA) is 82.4 Å². The number of benzene rings is 1. The number of H-pyrrole nitrogens is 1. The molecule has 4 aromatic rings. The molecule has 146 valence electrons. The highest BCUT2D eigenvalue weighted by Gasteiger charge is 2.42. The Hall–Kier alpha value is -3.78. The van der Waals surface area contributed by atoms with Gasteiger partial charge in [0, 0.05) is 29.3 Å². The molecule has 0 radical (unpaired) electrons. The van der Waals surface area contributed by atoms with Crippen molar-refractivity contribution in [3.8, 4) is 28.6 Å². The fourth-order valence-electron chi connectivity index (χ4n) is 3.73. The van der Waals surface area contributed by atoms with Gasteiger partial charge in [-0.1, -0.05) is 36.4 Å². The van der Waals surface area contributed by atoms with E-state index in [1.54, 1.807) is 12.3 Å². The maximum absolute atomic E-state index is 12.6. The minimum Gasteiger partial charge on any atom is -0.339 e. The van der Waals surface area contributed by atoms with Gasteiger partial charge in [-0.3, -0.25) is 4.79 Å². The highest BCUT2D eigenvalue weighted by Crippen LogP contribution is 2.49. The van der Waals surface area contributed by atoms with E-state index in [1.807, 2.05) is 36.4 Å². The Kier molecular flexibility index (Phi) is 4.40. The van der Waals surface area contributed by atoms with E-state index in [2.05, 4.69) is 39.2 Å². The van der Waals surface area contributed by atoms with Gasteiger partial charge >= 0.3 is 0 Å². The van der Waals surface area contributed by atoms with Crippen LogP contribution in [0.15, 0.2) is 66.9 Å². The molecule has 0 aliphatic heterocycles. The van der Waals surface area contributed by atoms with Crippen LogP contribution in [0.2, 0.25) is 0 Å². The van der Waals surface area contributed by atoms with Crippen LogP contribution in [0.4, 0.5) is 0 Å². The molecule has 1 N–H and O–H groups in total. The monoisotopic (exact) mass is 392 g/mol. The van der Waals surface area contributed by atoms with Crippen molar-refractivity contribution in [1.29, 1.82) is 5.26 Å². The van der Waals surface area contributed by atoms with Gasteiger partial charge < -0.3 is 4.98 Å². The van der Waals surface area contributed by atoms with Crippen molar-refractivity contribution in [2.45, 2.75) is 25.7 Å². The first kappa shape index (κ1) is 18.3. The molecular weight excluding hydrogens is 372 g/mol. The van der Waals surface area contributed by atoms with Gasteiger partial charge in [0.1, 0.15) is 11.3 Å². The van der Waals surface area contributed by atoms with Crippen LogP contribution in [0, 0.1) is 16.7 Å². The molecule has 1 aliphatic rings. The minimum absolute atomic E-state index is 0.0135. The average Bonchev–Trinajstić information content (AvgIpc) is 3.47. The van der Waals surface area contributed by atoms with Crippen molar-refractivity contribution in [1.82, 2.24) is 15.0 Å². The molecule has 0 bridgehead atoms. The molecule has 1 aliphatic carbocycles. The summed E-state index contributed by atoms with van der Waals surface area (Å²) < 4.78 is 0. The summed E-state index contributed by atoms with van der Waals surface area (Å²) in [5.41, 5.74) is 4.70. The summed E-state index contributed by atoms with van der Waals surface area (Å²) in [7, 11) is 0. The quantitative estimate of drug-likeness (QED) is 0.436. The zero-order chi connectivity index (χ0) is 20.6. The average molecular weight is 392 g/mol. The number of hydrogen-bond donors (Lipinski definition) is 1. The fraction of sp³-hybridized carbons (Fsp3) is 0.200. The summed E-state index contributed by atoms with van der Waals surface area (Å²) in [6, 6.07) is 22.1. The number of ketones is 1. The molecule has 0 spiro atoms. The number of carbonyl (C=O) groups excluding carboxylic acids is 1. The molecular formula is C25H20N4O. The summed E-state index contributed by atoms with van der Waals surface area (Å²) in [5.74, 6) is -0.0135. The van der Waals surface area contributed by atoms with Crippen molar-refractivity contribution in [3.05, 3.63) is 72.6 Å². The first-order valence-electron chi connectivity index (χ1n) is 10.1. The number of aromatic nitrogens is 3. The number of aromatic amines is 1. The Balaban J connectivity index is 1.40.